The van der Waals surface area contributed by atoms with Gasteiger partial charge < -0.3 is 27.3 Å². The molecule has 114 valence electrons. The molecule has 0 bridgehead atoms. The SMILES string of the molecule is COC(=O)c1ccc(NC(C)C)c(N=C(N)N=C(N)N)c1. The highest BCUT2D eigenvalue weighted by atomic mass is 16.5. The minimum Gasteiger partial charge on any atom is -0.465 e. The van der Waals surface area contributed by atoms with Crippen molar-refractivity contribution in [2.45, 2.75) is 19.9 Å². The molecule has 0 aliphatic carbocycles. The first-order valence-electron chi connectivity index (χ1n) is 6.26. The lowest BCUT2D eigenvalue weighted by molar-refractivity contribution is 0.0601. The van der Waals surface area contributed by atoms with Crippen molar-refractivity contribution in [2.24, 2.45) is 27.2 Å². The van der Waals surface area contributed by atoms with Gasteiger partial charge in [-0.2, -0.15) is 4.99 Å². The van der Waals surface area contributed by atoms with E-state index in [2.05, 4.69) is 20.0 Å². The van der Waals surface area contributed by atoms with Crippen LogP contribution in [0.5, 0.6) is 0 Å². The first-order chi connectivity index (χ1) is 9.83. The lowest BCUT2D eigenvalue weighted by atomic mass is 10.1. The number of carbonyl (C=O) groups is 1. The van der Waals surface area contributed by atoms with Gasteiger partial charge in [-0.1, -0.05) is 0 Å². The number of nitrogens with one attached hydrogen (secondary N) is 1. The molecule has 8 heteroatoms. The minimum absolute atomic E-state index is 0.108. The zero-order valence-electron chi connectivity index (χ0n) is 12.3. The molecule has 0 heterocycles. The Bertz CT molecular complexity index is 576. The zero-order valence-corrected chi connectivity index (χ0v) is 12.3. The lowest BCUT2D eigenvalue weighted by Crippen LogP contribution is -2.26. The first-order valence-corrected chi connectivity index (χ1v) is 6.26. The monoisotopic (exact) mass is 292 g/mol. The van der Waals surface area contributed by atoms with Gasteiger partial charge in [0.2, 0.25) is 5.96 Å². The number of rotatable bonds is 4. The Kier molecular flexibility index (Phi) is 5.53. The number of methoxy groups -OCH3 is 1. The predicted molar refractivity (Wildman–Crippen MR) is 83.6 cm³/mol. The molecule has 0 saturated carbocycles. The van der Waals surface area contributed by atoms with E-state index in [-0.39, 0.29) is 18.0 Å². The van der Waals surface area contributed by atoms with Crippen LogP contribution in [-0.2, 0) is 4.74 Å². The van der Waals surface area contributed by atoms with Gasteiger partial charge in [0.25, 0.3) is 0 Å². The molecule has 0 aliphatic heterocycles. The van der Waals surface area contributed by atoms with Crippen LogP contribution in [0.1, 0.15) is 24.2 Å². The van der Waals surface area contributed by atoms with Crippen LogP contribution in [0.3, 0.4) is 0 Å². The molecule has 0 saturated heterocycles. The lowest BCUT2D eigenvalue weighted by Gasteiger charge is -2.13. The van der Waals surface area contributed by atoms with Gasteiger partial charge in [-0.15, -0.1) is 0 Å². The van der Waals surface area contributed by atoms with Gasteiger partial charge in [-0.05, 0) is 32.0 Å². The summed E-state index contributed by atoms with van der Waals surface area (Å²) in [5, 5.41) is 3.19. The Morgan fingerprint density at radius 3 is 2.48 bits per heavy atom. The minimum atomic E-state index is -0.469. The van der Waals surface area contributed by atoms with Crippen molar-refractivity contribution in [2.75, 3.05) is 12.4 Å². The number of nitrogens with zero attached hydrogens (tertiary/aromatic N) is 2. The van der Waals surface area contributed by atoms with Crippen molar-refractivity contribution in [1.82, 2.24) is 0 Å². The average molecular weight is 292 g/mol. The number of hydrogen-bond donors (Lipinski definition) is 4. The third-order valence-electron chi connectivity index (χ3n) is 2.34. The quantitative estimate of drug-likeness (QED) is 0.362. The van der Waals surface area contributed by atoms with Gasteiger partial charge in [0.1, 0.15) is 0 Å². The van der Waals surface area contributed by atoms with Crippen molar-refractivity contribution in [1.29, 1.82) is 0 Å². The molecular formula is C13H20N6O2. The molecule has 1 rings (SSSR count). The Hall–Kier alpha value is -2.77. The Morgan fingerprint density at radius 2 is 1.95 bits per heavy atom. The highest BCUT2D eigenvalue weighted by Crippen LogP contribution is 2.27. The molecule has 0 spiro atoms. The number of nitrogens with two attached hydrogens (primary N) is 3. The third kappa shape index (κ3) is 5.01. The molecule has 0 aliphatic rings. The maximum absolute atomic E-state index is 11.6. The van der Waals surface area contributed by atoms with Gasteiger partial charge in [-0.3, -0.25) is 0 Å². The average Bonchev–Trinajstić information content (AvgIpc) is 2.38. The molecule has 0 fully saturated rings. The Balaban J connectivity index is 3.28. The summed E-state index contributed by atoms with van der Waals surface area (Å²) in [6, 6.07) is 5.07. The van der Waals surface area contributed by atoms with Crippen LogP contribution in [0.25, 0.3) is 0 Å². The van der Waals surface area contributed by atoms with Crippen LogP contribution in [-0.4, -0.2) is 31.0 Å². The van der Waals surface area contributed by atoms with Crippen molar-refractivity contribution in [3.63, 3.8) is 0 Å². The number of guanidine groups is 2. The van der Waals surface area contributed by atoms with Crippen LogP contribution in [0, 0.1) is 0 Å². The number of carbonyl (C=O) groups excluding carboxylic acids is 1. The molecule has 0 radical (unpaired) electrons. The van der Waals surface area contributed by atoms with E-state index in [4.69, 9.17) is 17.2 Å². The molecule has 0 atom stereocenters. The van der Waals surface area contributed by atoms with Crippen molar-refractivity contribution in [3.8, 4) is 0 Å². The fraction of sp³-hybridized carbons (Fsp3) is 0.308. The highest BCUT2D eigenvalue weighted by molar-refractivity contribution is 5.96. The summed E-state index contributed by atoms with van der Waals surface area (Å²) in [5.41, 5.74) is 17.6. The van der Waals surface area contributed by atoms with Gasteiger partial charge in [0, 0.05) is 6.04 Å². The zero-order chi connectivity index (χ0) is 16.0. The van der Waals surface area contributed by atoms with Gasteiger partial charge in [0.15, 0.2) is 5.96 Å². The molecule has 1 aromatic rings. The van der Waals surface area contributed by atoms with E-state index in [9.17, 15) is 4.79 Å². The molecule has 0 aromatic heterocycles. The number of benzene rings is 1. The maximum Gasteiger partial charge on any atom is 0.337 e. The summed E-state index contributed by atoms with van der Waals surface area (Å²) >= 11 is 0. The number of aliphatic imine (C=N–C) groups is 2. The maximum atomic E-state index is 11.6. The molecule has 7 N–H and O–H groups in total. The smallest absolute Gasteiger partial charge is 0.337 e. The van der Waals surface area contributed by atoms with Gasteiger partial charge in [0.05, 0.1) is 24.0 Å². The molecule has 0 amide bonds. The number of hydrogen-bond acceptors (Lipinski definition) is 4. The molecule has 21 heavy (non-hydrogen) atoms. The van der Waals surface area contributed by atoms with Crippen molar-refractivity contribution >= 4 is 29.3 Å². The molecular weight excluding hydrogens is 272 g/mol. The molecule has 8 nitrogen and oxygen atoms in total. The summed E-state index contributed by atoms with van der Waals surface area (Å²) in [6.07, 6.45) is 0. The van der Waals surface area contributed by atoms with E-state index in [1.807, 2.05) is 13.8 Å². The standard InChI is InChI=1S/C13H20N6O2/c1-7(2)17-9-5-4-8(11(20)21-3)6-10(9)18-13(16)19-12(14)15/h4-7,17H,1-3H3,(H6,14,15,16,18,19). The van der Waals surface area contributed by atoms with Crippen LogP contribution >= 0.6 is 0 Å². The second kappa shape index (κ2) is 7.13. The summed E-state index contributed by atoms with van der Waals surface area (Å²) in [7, 11) is 1.30. The normalized spacial score (nSPS) is 11.1. The van der Waals surface area contributed by atoms with E-state index in [0.717, 1.165) is 0 Å². The van der Waals surface area contributed by atoms with E-state index in [1.54, 1.807) is 18.2 Å². The number of esters is 1. The topological polar surface area (TPSA) is 141 Å². The van der Waals surface area contributed by atoms with Gasteiger partial charge in [-0.25, -0.2) is 9.79 Å². The van der Waals surface area contributed by atoms with E-state index in [1.165, 1.54) is 7.11 Å². The highest BCUT2D eigenvalue weighted by Gasteiger charge is 2.10. The van der Waals surface area contributed by atoms with E-state index >= 15 is 0 Å². The Morgan fingerprint density at radius 1 is 1.29 bits per heavy atom. The fourth-order valence-corrected chi connectivity index (χ4v) is 1.58. The summed E-state index contributed by atoms with van der Waals surface area (Å²) < 4.78 is 4.68. The van der Waals surface area contributed by atoms with Crippen LogP contribution in [0.4, 0.5) is 11.4 Å². The van der Waals surface area contributed by atoms with Crippen LogP contribution < -0.4 is 22.5 Å². The van der Waals surface area contributed by atoms with Crippen molar-refractivity contribution < 1.29 is 9.53 Å². The third-order valence-corrected chi connectivity index (χ3v) is 2.34. The molecule has 0 unspecified atom stereocenters. The van der Waals surface area contributed by atoms with Crippen LogP contribution in [0.15, 0.2) is 28.2 Å². The van der Waals surface area contributed by atoms with Gasteiger partial charge >= 0.3 is 5.97 Å². The number of anilines is 1. The van der Waals surface area contributed by atoms with Crippen molar-refractivity contribution in [3.05, 3.63) is 23.8 Å². The first kappa shape index (κ1) is 16.3. The van der Waals surface area contributed by atoms with Crippen LogP contribution in [0.2, 0.25) is 0 Å². The van der Waals surface area contributed by atoms with E-state index in [0.29, 0.717) is 16.9 Å². The molecule has 1 aromatic carbocycles. The second-order valence-corrected chi connectivity index (χ2v) is 4.53. The largest absolute Gasteiger partial charge is 0.465 e. The summed E-state index contributed by atoms with van der Waals surface area (Å²) in [4.78, 5) is 19.3. The van der Waals surface area contributed by atoms with E-state index < -0.39 is 5.97 Å². The summed E-state index contributed by atoms with van der Waals surface area (Å²) in [5.74, 6) is -0.773. The second-order valence-electron chi connectivity index (χ2n) is 4.53. The fourth-order valence-electron chi connectivity index (χ4n) is 1.58. The predicted octanol–water partition coefficient (Wildman–Crippen LogP) is 0.513. The summed E-state index contributed by atoms with van der Waals surface area (Å²) in [6.45, 7) is 3.95. The Labute approximate surface area is 123 Å². The number of ether oxygens (including phenoxy) is 1.